The second kappa shape index (κ2) is 6.88. The molecule has 0 radical (unpaired) electrons. The molecule has 116 valence electrons. The van der Waals surface area contributed by atoms with E-state index in [2.05, 4.69) is 4.90 Å². The highest BCUT2D eigenvalue weighted by molar-refractivity contribution is 6.30. The van der Waals surface area contributed by atoms with Crippen LogP contribution in [0, 0.1) is 0 Å². The number of phenols is 1. The molecule has 3 rings (SSSR count). The summed E-state index contributed by atoms with van der Waals surface area (Å²) < 4.78 is 5.85. The van der Waals surface area contributed by atoms with Crippen molar-refractivity contribution in [2.45, 2.75) is 12.6 Å². The number of nitrogens with zero attached hydrogens (tertiary/aromatic N) is 1. The summed E-state index contributed by atoms with van der Waals surface area (Å²) in [6.45, 7) is 2.97. The first-order chi connectivity index (χ1) is 10.6. The van der Waals surface area contributed by atoms with Crippen LogP contribution in [0.25, 0.3) is 0 Å². The van der Waals surface area contributed by atoms with E-state index in [0.717, 1.165) is 29.2 Å². The Kier molecular flexibility index (Phi) is 4.89. The molecule has 3 nitrogen and oxygen atoms in total. The van der Waals surface area contributed by atoms with Crippen molar-refractivity contribution in [3.05, 3.63) is 63.6 Å². The summed E-state index contributed by atoms with van der Waals surface area (Å²) in [4.78, 5) is 2.27. The van der Waals surface area contributed by atoms with Crippen LogP contribution in [-0.4, -0.2) is 29.7 Å². The van der Waals surface area contributed by atoms with Crippen molar-refractivity contribution in [3.8, 4) is 5.75 Å². The van der Waals surface area contributed by atoms with Crippen LogP contribution in [0.1, 0.15) is 17.2 Å². The fourth-order valence-corrected chi connectivity index (χ4v) is 2.93. The van der Waals surface area contributed by atoms with Crippen molar-refractivity contribution in [2.75, 3.05) is 19.7 Å². The minimum absolute atomic E-state index is 0.0282. The van der Waals surface area contributed by atoms with E-state index in [-0.39, 0.29) is 11.9 Å². The van der Waals surface area contributed by atoms with Crippen LogP contribution in [-0.2, 0) is 11.3 Å². The Balaban J connectivity index is 1.69. The second-order valence-electron chi connectivity index (χ2n) is 5.42. The Morgan fingerprint density at radius 2 is 1.82 bits per heavy atom. The molecule has 22 heavy (non-hydrogen) atoms. The number of hydrogen-bond acceptors (Lipinski definition) is 3. The average Bonchev–Trinajstić information content (AvgIpc) is 2.51. The van der Waals surface area contributed by atoms with Crippen molar-refractivity contribution in [1.82, 2.24) is 4.90 Å². The van der Waals surface area contributed by atoms with Gasteiger partial charge in [-0.15, -0.1) is 0 Å². The van der Waals surface area contributed by atoms with Gasteiger partial charge in [0.25, 0.3) is 0 Å². The number of ether oxygens (including phenoxy) is 1. The Hall–Kier alpha value is -1.26. The SMILES string of the molecule is Oc1cc(Cl)ccc1CN1CCO[C@H](c2ccc(Cl)cc2)C1. The van der Waals surface area contributed by atoms with E-state index in [1.165, 1.54) is 0 Å². The third kappa shape index (κ3) is 3.73. The maximum absolute atomic E-state index is 9.98. The Labute approximate surface area is 140 Å². The van der Waals surface area contributed by atoms with Crippen molar-refractivity contribution in [3.63, 3.8) is 0 Å². The smallest absolute Gasteiger partial charge is 0.121 e. The highest BCUT2D eigenvalue weighted by Gasteiger charge is 2.22. The lowest BCUT2D eigenvalue weighted by Crippen LogP contribution is -2.37. The fourth-order valence-electron chi connectivity index (χ4n) is 2.64. The summed E-state index contributed by atoms with van der Waals surface area (Å²) in [5, 5.41) is 11.2. The highest BCUT2D eigenvalue weighted by atomic mass is 35.5. The molecule has 0 saturated carbocycles. The Morgan fingerprint density at radius 3 is 2.55 bits per heavy atom. The molecule has 0 aromatic heterocycles. The molecule has 0 aliphatic carbocycles. The van der Waals surface area contributed by atoms with Crippen molar-refractivity contribution in [2.24, 2.45) is 0 Å². The number of halogens is 2. The minimum atomic E-state index is 0.0282. The van der Waals surface area contributed by atoms with E-state index in [1.54, 1.807) is 12.1 Å². The van der Waals surface area contributed by atoms with Gasteiger partial charge < -0.3 is 9.84 Å². The summed E-state index contributed by atoms with van der Waals surface area (Å²) in [5.74, 6) is 0.238. The topological polar surface area (TPSA) is 32.7 Å². The number of morpholine rings is 1. The predicted molar refractivity (Wildman–Crippen MR) is 88.5 cm³/mol. The Morgan fingerprint density at radius 1 is 1.09 bits per heavy atom. The van der Waals surface area contributed by atoms with Gasteiger partial charge in [-0.25, -0.2) is 0 Å². The zero-order valence-corrected chi connectivity index (χ0v) is 13.5. The van der Waals surface area contributed by atoms with Crippen molar-refractivity contribution < 1.29 is 9.84 Å². The van der Waals surface area contributed by atoms with Crippen LogP contribution in [0.2, 0.25) is 10.0 Å². The van der Waals surface area contributed by atoms with Gasteiger partial charge in [0.05, 0.1) is 12.7 Å². The van der Waals surface area contributed by atoms with E-state index in [9.17, 15) is 5.11 Å². The largest absolute Gasteiger partial charge is 0.508 e. The molecule has 1 atom stereocenters. The second-order valence-corrected chi connectivity index (χ2v) is 6.29. The predicted octanol–water partition coefficient (Wildman–Crippen LogP) is 4.27. The summed E-state index contributed by atoms with van der Waals surface area (Å²) in [6.07, 6.45) is 0.0282. The summed E-state index contributed by atoms with van der Waals surface area (Å²) in [7, 11) is 0. The average molecular weight is 338 g/mol. The van der Waals surface area contributed by atoms with Crippen LogP contribution in [0.5, 0.6) is 5.75 Å². The number of hydrogen-bond donors (Lipinski definition) is 1. The maximum atomic E-state index is 9.98. The van der Waals surface area contributed by atoms with Crippen molar-refractivity contribution in [1.29, 1.82) is 0 Å². The van der Waals surface area contributed by atoms with Gasteiger partial charge in [-0.2, -0.15) is 0 Å². The van der Waals surface area contributed by atoms with Gasteiger partial charge in [0.15, 0.2) is 0 Å². The summed E-state index contributed by atoms with van der Waals surface area (Å²) in [6, 6.07) is 13.0. The van der Waals surface area contributed by atoms with Crippen LogP contribution >= 0.6 is 23.2 Å². The van der Waals surface area contributed by atoms with E-state index in [1.807, 2.05) is 30.3 Å². The fraction of sp³-hybridized carbons (Fsp3) is 0.294. The molecule has 2 aromatic carbocycles. The minimum Gasteiger partial charge on any atom is -0.508 e. The molecular weight excluding hydrogens is 321 g/mol. The zero-order valence-electron chi connectivity index (χ0n) is 12.0. The lowest BCUT2D eigenvalue weighted by molar-refractivity contribution is -0.0331. The first-order valence-corrected chi connectivity index (χ1v) is 7.94. The molecule has 0 amide bonds. The number of benzene rings is 2. The van der Waals surface area contributed by atoms with Gasteiger partial charge in [0, 0.05) is 35.2 Å². The van der Waals surface area contributed by atoms with E-state index in [0.29, 0.717) is 18.2 Å². The standard InChI is InChI=1S/C17H17Cl2NO2/c18-14-4-1-12(2-5-14)17-11-20(7-8-22-17)10-13-3-6-15(19)9-16(13)21/h1-6,9,17,21H,7-8,10-11H2/t17-/m0/s1. The zero-order chi connectivity index (χ0) is 15.5. The normalized spacial score (nSPS) is 19.3. The highest BCUT2D eigenvalue weighted by Crippen LogP contribution is 2.27. The van der Waals surface area contributed by atoms with Crippen LogP contribution < -0.4 is 0 Å². The first-order valence-electron chi connectivity index (χ1n) is 7.18. The number of aromatic hydroxyl groups is 1. The van der Waals surface area contributed by atoms with Crippen molar-refractivity contribution >= 4 is 23.2 Å². The molecular formula is C17H17Cl2NO2. The first kappa shape index (κ1) is 15.6. The van der Waals surface area contributed by atoms with Gasteiger partial charge in [-0.1, -0.05) is 41.4 Å². The van der Waals surface area contributed by atoms with Gasteiger partial charge in [-0.3, -0.25) is 4.90 Å². The van der Waals surface area contributed by atoms with Gasteiger partial charge in [-0.05, 0) is 29.8 Å². The molecule has 1 N–H and O–H groups in total. The number of phenolic OH excluding ortho intramolecular Hbond substituents is 1. The molecule has 1 heterocycles. The molecule has 0 spiro atoms. The molecule has 1 saturated heterocycles. The molecule has 1 aliphatic rings. The monoisotopic (exact) mass is 337 g/mol. The van der Waals surface area contributed by atoms with Crippen LogP contribution in [0.3, 0.4) is 0 Å². The molecule has 5 heteroatoms. The molecule has 0 bridgehead atoms. The van der Waals surface area contributed by atoms with Gasteiger partial charge >= 0.3 is 0 Å². The Bertz CT molecular complexity index is 646. The maximum Gasteiger partial charge on any atom is 0.121 e. The summed E-state index contributed by atoms with van der Waals surface area (Å²) >= 11 is 11.8. The molecule has 1 aliphatic heterocycles. The molecule has 2 aromatic rings. The lowest BCUT2D eigenvalue weighted by atomic mass is 10.1. The van der Waals surface area contributed by atoms with Crippen LogP contribution in [0.4, 0.5) is 0 Å². The van der Waals surface area contributed by atoms with Crippen LogP contribution in [0.15, 0.2) is 42.5 Å². The van der Waals surface area contributed by atoms with Gasteiger partial charge in [0.2, 0.25) is 0 Å². The van der Waals surface area contributed by atoms with E-state index < -0.39 is 0 Å². The molecule has 0 unspecified atom stereocenters. The van der Waals surface area contributed by atoms with E-state index >= 15 is 0 Å². The third-order valence-corrected chi connectivity index (χ3v) is 4.32. The number of rotatable bonds is 3. The van der Waals surface area contributed by atoms with E-state index in [4.69, 9.17) is 27.9 Å². The molecule has 1 fully saturated rings. The third-order valence-electron chi connectivity index (χ3n) is 3.83. The quantitative estimate of drug-likeness (QED) is 0.907. The summed E-state index contributed by atoms with van der Waals surface area (Å²) in [5.41, 5.74) is 2.00. The van der Waals surface area contributed by atoms with Gasteiger partial charge in [0.1, 0.15) is 5.75 Å². The lowest BCUT2D eigenvalue weighted by Gasteiger charge is -2.33.